The van der Waals surface area contributed by atoms with E-state index in [9.17, 15) is 24.8 Å². The molecule has 1 N–H and O–H groups in total. The number of carbonyl (C=O) groups is 3. The Hall–Kier alpha value is -2.61. The van der Waals surface area contributed by atoms with Crippen molar-refractivity contribution in [2.24, 2.45) is 5.92 Å². The van der Waals surface area contributed by atoms with Gasteiger partial charge in [0.15, 0.2) is 0 Å². The Morgan fingerprint density at radius 3 is 2.36 bits per heavy atom. The Balaban J connectivity index is 2.58. The van der Waals surface area contributed by atoms with Gasteiger partial charge in [-0.05, 0) is 44.2 Å². The van der Waals surface area contributed by atoms with E-state index in [1.807, 2.05) is 0 Å². The molecule has 152 valence electrons. The van der Waals surface area contributed by atoms with Crippen LogP contribution in [0.15, 0.2) is 24.3 Å². The highest BCUT2D eigenvalue weighted by atomic mass is 35.5. The molecular weight excluding hydrogens is 390 g/mol. The molecule has 2 rings (SSSR count). The summed E-state index contributed by atoms with van der Waals surface area (Å²) in [6.45, 7) is 1.12. The molecular formula is C19H22ClNO7. The van der Waals surface area contributed by atoms with Gasteiger partial charge in [-0.1, -0.05) is 29.8 Å². The average Bonchev–Trinajstić information content (AvgIpc) is 3.13. The van der Waals surface area contributed by atoms with Crippen LogP contribution in [-0.4, -0.2) is 46.8 Å². The lowest BCUT2D eigenvalue weighted by molar-refractivity contribution is -0.726. The minimum Gasteiger partial charge on any atom is -0.468 e. The molecule has 9 heteroatoms. The zero-order valence-electron chi connectivity index (χ0n) is 15.6. The van der Waals surface area contributed by atoms with Crippen molar-refractivity contribution >= 4 is 35.0 Å². The van der Waals surface area contributed by atoms with E-state index in [0.717, 1.165) is 26.9 Å². The number of rotatable bonds is 7. The van der Waals surface area contributed by atoms with Crippen molar-refractivity contribution in [3.05, 3.63) is 40.1 Å². The van der Waals surface area contributed by atoms with Crippen LogP contribution in [0.3, 0.4) is 0 Å². The van der Waals surface area contributed by atoms with Gasteiger partial charge >= 0.3 is 17.7 Å². The Morgan fingerprint density at radius 1 is 1.25 bits per heavy atom. The third kappa shape index (κ3) is 4.81. The van der Waals surface area contributed by atoms with Gasteiger partial charge in [-0.3, -0.25) is 14.8 Å². The standard InChI is InChI=1S/C19H22ClNO7/c1-11(22)15(18(23)27-2)16(13-9-5-6-10-14(13)20)17(21(25)26)19(24)28-12-7-3-4-8-12/h5-6,9-10,12,15-16H,3-4,7-8H2,1-2H3,(H,25,26). The van der Waals surface area contributed by atoms with Crippen LogP contribution in [-0.2, 0) is 23.9 Å². The number of benzene rings is 1. The van der Waals surface area contributed by atoms with Gasteiger partial charge in [0.25, 0.3) is 0 Å². The summed E-state index contributed by atoms with van der Waals surface area (Å²) in [6.07, 6.45) is 2.61. The number of carbonyl (C=O) groups excluding carboxylic acids is 3. The van der Waals surface area contributed by atoms with Gasteiger partial charge in [-0.15, -0.1) is 0 Å². The van der Waals surface area contributed by atoms with Gasteiger partial charge in [0.05, 0.1) is 7.11 Å². The highest BCUT2D eigenvalue weighted by Crippen LogP contribution is 2.34. The number of esters is 2. The predicted octanol–water partition coefficient (Wildman–Crippen LogP) is 2.63. The first-order valence-corrected chi connectivity index (χ1v) is 9.22. The average molecular weight is 412 g/mol. The fourth-order valence-corrected chi connectivity index (χ4v) is 3.67. The highest BCUT2D eigenvalue weighted by Gasteiger charge is 2.47. The van der Waals surface area contributed by atoms with E-state index in [2.05, 4.69) is 4.74 Å². The Bertz CT molecular complexity index is 782. The van der Waals surface area contributed by atoms with Crippen molar-refractivity contribution < 1.29 is 34.0 Å². The summed E-state index contributed by atoms with van der Waals surface area (Å²) in [6, 6.07) is 6.10. The summed E-state index contributed by atoms with van der Waals surface area (Å²) < 4.78 is 10.0. The SMILES string of the molecule is COC(=O)C(C(C)=O)C(C(C(=O)OC1CCCC1)=[N+]([O-])O)c1ccccc1Cl. The molecule has 0 aromatic heterocycles. The summed E-state index contributed by atoms with van der Waals surface area (Å²) in [5.41, 5.74) is -0.659. The van der Waals surface area contributed by atoms with Gasteiger partial charge in [-0.25, -0.2) is 4.79 Å². The van der Waals surface area contributed by atoms with E-state index >= 15 is 0 Å². The molecule has 1 aromatic rings. The molecule has 0 heterocycles. The molecule has 2 atom stereocenters. The van der Waals surface area contributed by atoms with Crippen LogP contribution in [0.25, 0.3) is 0 Å². The minimum absolute atomic E-state index is 0.107. The Labute approximate surface area is 167 Å². The maximum Gasteiger partial charge on any atom is 0.406 e. The van der Waals surface area contributed by atoms with Crippen molar-refractivity contribution in [3.8, 4) is 0 Å². The van der Waals surface area contributed by atoms with Crippen molar-refractivity contribution in [2.45, 2.75) is 44.6 Å². The third-order valence-electron chi connectivity index (χ3n) is 4.75. The van der Waals surface area contributed by atoms with Crippen LogP contribution in [0.5, 0.6) is 0 Å². The maximum atomic E-state index is 12.7. The van der Waals surface area contributed by atoms with Crippen LogP contribution in [0, 0.1) is 11.1 Å². The Kier molecular flexibility index (Phi) is 7.39. The van der Waals surface area contributed by atoms with Gasteiger partial charge in [0, 0.05) is 9.92 Å². The van der Waals surface area contributed by atoms with Crippen molar-refractivity contribution in [3.63, 3.8) is 0 Å². The zero-order chi connectivity index (χ0) is 20.8. The second-order valence-electron chi connectivity index (χ2n) is 6.58. The van der Waals surface area contributed by atoms with Crippen LogP contribution >= 0.6 is 11.6 Å². The van der Waals surface area contributed by atoms with E-state index in [4.69, 9.17) is 16.3 Å². The molecule has 1 saturated carbocycles. The van der Waals surface area contributed by atoms with E-state index < -0.39 is 46.3 Å². The first-order chi connectivity index (χ1) is 13.3. The summed E-state index contributed by atoms with van der Waals surface area (Å²) in [5, 5.41) is 21.8. The van der Waals surface area contributed by atoms with Gasteiger partial charge in [0.2, 0.25) is 0 Å². The summed E-state index contributed by atoms with van der Waals surface area (Å²) in [5.74, 6) is -5.78. The molecule has 2 unspecified atom stereocenters. The van der Waals surface area contributed by atoms with Gasteiger partial charge in [0.1, 0.15) is 23.7 Å². The molecule has 0 spiro atoms. The largest absolute Gasteiger partial charge is 0.468 e. The minimum atomic E-state index is -1.57. The van der Waals surface area contributed by atoms with Crippen molar-refractivity contribution in [1.82, 2.24) is 0 Å². The molecule has 0 radical (unpaired) electrons. The monoisotopic (exact) mass is 411 g/mol. The van der Waals surface area contributed by atoms with Crippen LogP contribution < -0.4 is 0 Å². The first-order valence-electron chi connectivity index (χ1n) is 8.84. The number of nitrogens with zero attached hydrogens (tertiary/aromatic N) is 1. The number of methoxy groups -OCH3 is 1. The van der Waals surface area contributed by atoms with E-state index in [-0.39, 0.29) is 10.6 Å². The lowest BCUT2D eigenvalue weighted by Crippen LogP contribution is -2.41. The molecule has 1 aromatic carbocycles. The second-order valence-corrected chi connectivity index (χ2v) is 6.99. The smallest absolute Gasteiger partial charge is 0.406 e. The van der Waals surface area contributed by atoms with E-state index in [1.54, 1.807) is 12.1 Å². The molecule has 1 fully saturated rings. The highest BCUT2D eigenvalue weighted by molar-refractivity contribution is 6.39. The van der Waals surface area contributed by atoms with Gasteiger partial charge in [-0.2, -0.15) is 0 Å². The quantitative estimate of drug-likeness (QED) is 0.183. The number of halogens is 1. The normalized spacial score (nSPS) is 17.4. The lowest BCUT2D eigenvalue weighted by atomic mass is 9.80. The summed E-state index contributed by atoms with van der Waals surface area (Å²) in [7, 11) is 1.08. The lowest BCUT2D eigenvalue weighted by Gasteiger charge is -2.23. The first kappa shape index (κ1) is 21.7. The van der Waals surface area contributed by atoms with Gasteiger partial charge < -0.3 is 14.7 Å². The van der Waals surface area contributed by atoms with Crippen molar-refractivity contribution in [2.75, 3.05) is 7.11 Å². The number of hydrogen-bond donors (Lipinski definition) is 1. The Morgan fingerprint density at radius 2 is 1.86 bits per heavy atom. The van der Waals surface area contributed by atoms with Crippen LogP contribution in [0.2, 0.25) is 5.02 Å². The van der Waals surface area contributed by atoms with Crippen LogP contribution in [0.4, 0.5) is 0 Å². The number of hydrogen-bond acceptors (Lipinski definition) is 7. The third-order valence-corrected chi connectivity index (χ3v) is 5.10. The predicted molar refractivity (Wildman–Crippen MR) is 99.1 cm³/mol. The number of Topliss-reactive ketones (excluding diaryl/α,β-unsaturated/α-hetero) is 1. The van der Waals surface area contributed by atoms with Crippen molar-refractivity contribution in [1.29, 1.82) is 0 Å². The molecule has 0 bridgehead atoms. The summed E-state index contributed by atoms with van der Waals surface area (Å²) >= 11 is 6.21. The second kappa shape index (κ2) is 9.54. The molecule has 0 saturated heterocycles. The fraction of sp³-hybridized carbons (Fsp3) is 0.474. The number of ketones is 1. The molecule has 1 aliphatic carbocycles. The maximum absolute atomic E-state index is 12.7. The fourth-order valence-electron chi connectivity index (χ4n) is 3.42. The summed E-state index contributed by atoms with van der Waals surface area (Å²) in [4.78, 5) is 36.6. The molecule has 0 amide bonds. The molecule has 1 aliphatic rings. The topological polar surface area (TPSA) is 116 Å². The van der Waals surface area contributed by atoms with Crippen LogP contribution in [0.1, 0.15) is 44.1 Å². The molecule has 8 nitrogen and oxygen atoms in total. The molecule has 0 aliphatic heterocycles. The molecule has 28 heavy (non-hydrogen) atoms. The van der Waals surface area contributed by atoms with E-state index in [0.29, 0.717) is 12.8 Å². The number of ether oxygens (including phenoxy) is 2. The van der Waals surface area contributed by atoms with E-state index in [1.165, 1.54) is 12.1 Å². The zero-order valence-corrected chi connectivity index (χ0v) is 16.3.